The number of carbonyl (C=O) groups is 1. The van der Waals surface area contributed by atoms with Crippen LogP contribution >= 0.6 is 0 Å². The van der Waals surface area contributed by atoms with Crippen LogP contribution in [0.15, 0.2) is 30.3 Å². The monoisotopic (exact) mass is 340 g/mol. The maximum Gasteiger partial charge on any atom is 0.227 e. The van der Waals surface area contributed by atoms with Crippen molar-refractivity contribution in [3.05, 3.63) is 47.3 Å². The van der Waals surface area contributed by atoms with Gasteiger partial charge in [-0.1, -0.05) is 35.5 Å². The van der Waals surface area contributed by atoms with Gasteiger partial charge in [0.25, 0.3) is 0 Å². The van der Waals surface area contributed by atoms with Gasteiger partial charge in [0.15, 0.2) is 0 Å². The van der Waals surface area contributed by atoms with Gasteiger partial charge in [0.2, 0.25) is 5.91 Å². The largest absolute Gasteiger partial charge is 0.379 e. The van der Waals surface area contributed by atoms with Gasteiger partial charge >= 0.3 is 0 Å². The normalized spacial score (nSPS) is 19.7. The lowest BCUT2D eigenvalue weighted by Crippen LogP contribution is -2.43. The number of aromatic nitrogens is 3. The summed E-state index contributed by atoms with van der Waals surface area (Å²) in [5, 5.41) is 8.48. The molecule has 2 aromatic rings. The molecule has 25 heavy (non-hydrogen) atoms. The Kier molecular flexibility index (Phi) is 4.53. The predicted molar refractivity (Wildman–Crippen MR) is 92.9 cm³/mol. The Balaban J connectivity index is 1.50. The zero-order chi connectivity index (χ0) is 17.2. The third-order valence-electron chi connectivity index (χ3n) is 5.10. The van der Waals surface area contributed by atoms with E-state index in [1.165, 1.54) is 12.8 Å². The molecule has 1 amide bonds. The highest BCUT2D eigenvalue weighted by atomic mass is 16.5. The van der Waals surface area contributed by atoms with Crippen molar-refractivity contribution in [2.24, 2.45) is 13.0 Å². The van der Waals surface area contributed by atoms with E-state index < -0.39 is 0 Å². The molecule has 0 spiro atoms. The number of nitrogens with zero attached hydrogens (tertiary/aromatic N) is 4. The van der Waals surface area contributed by atoms with Crippen molar-refractivity contribution in [2.75, 3.05) is 19.8 Å². The van der Waals surface area contributed by atoms with Crippen LogP contribution in [-0.2, 0) is 29.4 Å². The van der Waals surface area contributed by atoms with Gasteiger partial charge in [0, 0.05) is 26.6 Å². The van der Waals surface area contributed by atoms with E-state index in [9.17, 15) is 4.79 Å². The van der Waals surface area contributed by atoms with Gasteiger partial charge in [-0.05, 0) is 24.3 Å². The fourth-order valence-electron chi connectivity index (χ4n) is 3.44. The third kappa shape index (κ3) is 3.58. The number of benzene rings is 1. The average molecular weight is 340 g/mol. The molecule has 4 rings (SSSR count). The topological polar surface area (TPSA) is 60.2 Å². The standard InChI is InChI=1S/C19H24N4O2/c1-22-16-9-10-23(18(24)11-14-5-3-2-4-6-14)17(19(16)20-21-22)13-25-12-15-7-8-15/h2-6,15,17H,7-13H2,1H3/t17-/m0/s1. The second-order valence-electron chi connectivity index (χ2n) is 7.04. The second kappa shape index (κ2) is 6.96. The molecule has 0 unspecified atom stereocenters. The van der Waals surface area contributed by atoms with Crippen LogP contribution in [0.4, 0.5) is 0 Å². The third-order valence-corrected chi connectivity index (χ3v) is 5.10. The molecule has 132 valence electrons. The summed E-state index contributed by atoms with van der Waals surface area (Å²) in [6.07, 6.45) is 3.73. The van der Waals surface area contributed by atoms with Crippen molar-refractivity contribution in [2.45, 2.75) is 31.7 Å². The lowest BCUT2D eigenvalue weighted by molar-refractivity contribution is -0.135. The van der Waals surface area contributed by atoms with Crippen LogP contribution in [-0.4, -0.2) is 45.6 Å². The summed E-state index contributed by atoms with van der Waals surface area (Å²) in [7, 11) is 1.91. The molecule has 1 aromatic carbocycles. The Labute approximate surface area is 147 Å². The van der Waals surface area contributed by atoms with E-state index in [4.69, 9.17) is 4.74 Å². The van der Waals surface area contributed by atoms with Crippen LogP contribution in [0.2, 0.25) is 0 Å². The van der Waals surface area contributed by atoms with E-state index in [1.807, 2.05) is 47.0 Å². The number of aryl methyl sites for hydroxylation is 1. The molecule has 0 saturated heterocycles. The number of hydrogen-bond donors (Lipinski definition) is 0. The summed E-state index contributed by atoms with van der Waals surface area (Å²) in [4.78, 5) is 14.8. The Morgan fingerprint density at radius 2 is 2.04 bits per heavy atom. The molecule has 6 nitrogen and oxygen atoms in total. The number of ether oxygens (including phenoxy) is 1. The Hall–Kier alpha value is -2.21. The van der Waals surface area contributed by atoms with E-state index in [1.54, 1.807) is 0 Å². The van der Waals surface area contributed by atoms with Crippen molar-refractivity contribution in [3.8, 4) is 0 Å². The number of rotatable bonds is 6. The molecule has 1 aliphatic heterocycles. The lowest BCUT2D eigenvalue weighted by Gasteiger charge is -2.34. The predicted octanol–water partition coefficient (Wildman–Crippen LogP) is 1.91. The Bertz CT molecular complexity index is 739. The fourth-order valence-corrected chi connectivity index (χ4v) is 3.44. The first-order valence-corrected chi connectivity index (χ1v) is 9.02. The van der Waals surface area contributed by atoms with E-state index in [0.717, 1.165) is 30.0 Å². The van der Waals surface area contributed by atoms with Crippen LogP contribution in [0, 0.1) is 5.92 Å². The van der Waals surface area contributed by atoms with Gasteiger partial charge in [-0.15, -0.1) is 5.10 Å². The summed E-state index contributed by atoms with van der Waals surface area (Å²) in [6, 6.07) is 9.76. The van der Waals surface area contributed by atoms with Gasteiger partial charge in [-0.3, -0.25) is 9.48 Å². The zero-order valence-corrected chi connectivity index (χ0v) is 14.6. The van der Waals surface area contributed by atoms with Crippen molar-refractivity contribution in [1.82, 2.24) is 19.9 Å². The summed E-state index contributed by atoms with van der Waals surface area (Å²) in [5.74, 6) is 0.834. The van der Waals surface area contributed by atoms with E-state index in [2.05, 4.69) is 10.3 Å². The van der Waals surface area contributed by atoms with E-state index >= 15 is 0 Å². The number of carbonyl (C=O) groups excluding carboxylic acids is 1. The molecule has 0 radical (unpaired) electrons. The number of amides is 1. The first-order valence-electron chi connectivity index (χ1n) is 9.02. The van der Waals surface area contributed by atoms with Gasteiger partial charge in [0.05, 0.1) is 18.7 Å². The highest BCUT2D eigenvalue weighted by Gasteiger charge is 2.35. The maximum atomic E-state index is 12.9. The number of fused-ring (bicyclic) bond motifs is 1. The van der Waals surface area contributed by atoms with Crippen molar-refractivity contribution >= 4 is 5.91 Å². The van der Waals surface area contributed by atoms with Crippen molar-refractivity contribution < 1.29 is 9.53 Å². The quantitative estimate of drug-likeness (QED) is 0.806. The maximum absolute atomic E-state index is 12.9. The molecule has 0 bridgehead atoms. The van der Waals surface area contributed by atoms with E-state index in [-0.39, 0.29) is 11.9 Å². The van der Waals surface area contributed by atoms with Gasteiger partial charge in [-0.2, -0.15) is 0 Å². The minimum absolute atomic E-state index is 0.127. The molecule has 1 aromatic heterocycles. The van der Waals surface area contributed by atoms with Crippen LogP contribution in [0.5, 0.6) is 0 Å². The Morgan fingerprint density at radius 1 is 1.24 bits per heavy atom. The lowest BCUT2D eigenvalue weighted by atomic mass is 10.0. The fraction of sp³-hybridized carbons (Fsp3) is 0.526. The highest BCUT2D eigenvalue weighted by Crippen LogP contribution is 2.31. The SMILES string of the molecule is Cn1nnc2c1CCN(C(=O)Cc1ccccc1)[C@H]2COCC1CC1. The molecule has 0 N–H and O–H groups in total. The Morgan fingerprint density at radius 3 is 2.80 bits per heavy atom. The summed E-state index contributed by atoms with van der Waals surface area (Å²) < 4.78 is 7.74. The highest BCUT2D eigenvalue weighted by molar-refractivity contribution is 5.79. The van der Waals surface area contributed by atoms with Crippen LogP contribution in [0.25, 0.3) is 0 Å². The van der Waals surface area contributed by atoms with E-state index in [0.29, 0.717) is 25.5 Å². The minimum atomic E-state index is -0.132. The zero-order valence-electron chi connectivity index (χ0n) is 14.6. The molecule has 6 heteroatoms. The minimum Gasteiger partial charge on any atom is -0.379 e. The molecule has 1 saturated carbocycles. The first kappa shape index (κ1) is 16.3. The van der Waals surface area contributed by atoms with Crippen LogP contribution < -0.4 is 0 Å². The van der Waals surface area contributed by atoms with Crippen LogP contribution in [0.1, 0.15) is 35.8 Å². The molecule has 2 heterocycles. The first-order chi connectivity index (χ1) is 12.2. The smallest absolute Gasteiger partial charge is 0.227 e. The van der Waals surface area contributed by atoms with Crippen molar-refractivity contribution in [1.29, 1.82) is 0 Å². The summed E-state index contributed by atoms with van der Waals surface area (Å²) in [6.45, 7) is 1.98. The number of hydrogen-bond acceptors (Lipinski definition) is 4. The van der Waals surface area contributed by atoms with Gasteiger partial charge < -0.3 is 9.64 Å². The van der Waals surface area contributed by atoms with Gasteiger partial charge in [-0.25, -0.2) is 0 Å². The molecule has 1 fully saturated rings. The summed E-state index contributed by atoms with van der Waals surface area (Å²) >= 11 is 0. The van der Waals surface area contributed by atoms with Gasteiger partial charge in [0.1, 0.15) is 11.7 Å². The molecule has 1 atom stereocenters. The average Bonchev–Trinajstić information content (AvgIpc) is 3.37. The molecular weight excluding hydrogens is 316 g/mol. The van der Waals surface area contributed by atoms with Crippen molar-refractivity contribution in [3.63, 3.8) is 0 Å². The van der Waals surface area contributed by atoms with Crippen LogP contribution in [0.3, 0.4) is 0 Å². The second-order valence-corrected chi connectivity index (χ2v) is 7.04. The molecule has 2 aliphatic rings. The molecule has 1 aliphatic carbocycles. The molecular formula is C19H24N4O2. The summed E-state index contributed by atoms with van der Waals surface area (Å²) in [5.41, 5.74) is 3.05.